The third kappa shape index (κ3) is 4.04. The number of nitrogens with zero attached hydrogens (tertiary/aromatic N) is 5. The topological polar surface area (TPSA) is 105 Å². The van der Waals surface area contributed by atoms with Crippen LogP contribution < -0.4 is 4.74 Å². The van der Waals surface area contributed by atoms with Crippen LogP contribution in [0.1, 0.15) is 5.56 Å². The van der Waals surface area contributed by atoms with E-state index in [0.29, 0.717) is 12.4 Å². The SMILES string of the molecule is c1ccc(COc2cncc(-c3cc4c(-c5cc6c(-c7ccccn7)nccc6[nH]5)n[nH]c4cn3)c2)cc1. The molecule has 6 aromatic heterocycles. The summed E-state index contributed by atoms with van der Waals surface area (Å²) in [7, 11) is 0. The summed E-state index contributed by atoms with van der Waals surface area (Å²) in [5.41, 5.74) is 7.88. The number of nitrogens with one attached hydrogen (secondary N) is 2. The number of pyridine rings is 4. The first-order valence-electron chi connectivity index (χ1n) is 12.2. The van der Waals surface area contributed by atoms with Crippen molar-refractivity contribution in [2.24, 2.45) is 0 Å². The molecule has 182 valence electrons. The Morgan fingerprint density at radius 2 is 1.58 bits per heavy atom. The van der Waals surface area contributed by atoms with Crippen LogP contribution in [0.25, 0.3) is 55.8 Å². The molecule has 0 fully saturated rings. The summed E-state index contributed by atoms with van der Waals surface area (Å²) in [6.45, 7) is 0.472. The quantitative estimate of drug-likeness (QED) is 0.284. The van der Waals surface area contributed by atoms with E-state index >= 15 is 0 Å². The zero-order valence-electron chi connectivity index (χ0n) is 20.2. The number of fused-ring (bicyclic) bond motifs is 2. The molecule has 8 heteroatoms. The molecule has 6 heterocycles. The molecule has 0 unspecified atom stereocenters. The van der Waals surface area contributed by atoms with Gasteiger partial charge >= 0.3 is 0 Å². The lowest BCUT2D eigenvalue weighted by atomic mass is 10.1. The second-order valence-corrected chi connectivity index (χ2v) is 8.89. The second-order valence-electron chi connectivity index (χ2n) is 8.89. The van der Waals surface area contributed by atoms with Crippen molar-refractivity contribution in [3.63, 3.8) is 0 Å². The van der Waals surface area contributed by atoms with E-state index < -0.39 is 0 Å². The van der Waals surface area contributed by atoms with Crippen molar-refractivity contribution in [1.82, 2.24) is 35.1 Å². The summed E-state index contributed by atoms with van der Waals surface area (Å²) in [5.74, 6) is 0.686. The zero-order chi connectivity index (χ0) is 25.3. The van der Waals surface area contributed by atoms with E-state index in [4.69, 9.17) is 4.74 Å². The lowest BCUT2D eigenvalue weighted by Gasteiger charge is -2.08. The molecule has 0 aliphatic carbocycles. The molecule has 0 saturated heterocycles. The molecular weight excluding hydrogens is 474 g/mol. The Morgan fingerprint density at radius 3 is 2.47 bits per heavy atom. The van der Waals surface area contributed by atoms with Gasteiger partial charge in [-0.25, -0.2) is 0 Å². The number of H-pyrrole nitrogens is 2. The average Bonchev–Trinajstić information content (AvgIpc) is 3.61. The molecule has 0 amide bonds. The summed E-state index contributed by atoms with van der Waals surface area (Å²) in [6.07, 6.45) is 8.86. The van der Waals surface area contributed by atoms with Gasteiger partial charge in [0.25, 0.3) is 0 Å². The van der Waals surface area contributed by atoms with Crippen LogP contribution in [0.2, 0.25) is 0 Å². The van der Waals surface area contributed by atoms with Crippen LogP contribution in [0.4, 0.5) is 0 Å². The molecule has 7 rings (SSSR count). The molecule has 0 aliphatic rings. The smallest absolute Gasteiger partial charge is 0.138 e. The number of rotatable bonds is 6. The monoisotopic (exact) mass is 495 g/mol. The summed E-state index contributed by atoms with van der Waals surface area (Å²) in [6, 6.07) is 23.9. The third-order valence-electron chi connectivity index (χ3n) is 6.42. The number of benzene rings is 1. The van der Waals surface area contributed by atoms with Crippen LogP contribution in [-0.2, 0) is 6.61 Å². The van der Waals surface area contributed by atoms with Gasteiger partial charge in [0.1, 0.15) is 18.1 Å². The Balaban J connectivity index is 1.24. The van der Waals surface area contributed by atoms with Gasteiger partial charge in [-0.3, -0.25) is 25.0 Å². The first kappa shape index (κ1) is 21.9. The molecule has 7 aromatic rings. The molecule has 0 aliphatic heterocycles. The highest BCUT2D eigenvalue weighted by atomic mass is 16.5. The van der Waals surface area contributed by atoms with Crippen LogP contribution in [0.15, 0.2) is 104 Å². The van der Waals surface area contributed by atoms with Gasteiger partial charge in [-0.15, -0.1) is 0 Å². The Bertz CT molecular complexity index is 1880. The molecule has 8 nitrogen and oxygen atoms in total. The van der Waals surface area contributed by atoms with Gasteiger partial charge in [0.15, 0.2) is 0 Å². The van der Waals surface area contributed by atoms with Gasteiger partial charge < -0.3 is 9.72 Å². The molecule has 0 atom stereocenters. The normalized spacial score (nSPS) is 11.3. The lowest BCUT2D eigenvalue weighted by molar-refractivity contribution is 0.305. The number of ether oxygens (including phenoxy) is 1. The van der Waals surface area contributed by atoms with Crippen molar-refractivity contribution >= 4 is 21.8 Å². The molecule has 0 spiro atoms. The largest absolute Gasteiger partial charge is 0.487 e. The van der Waals surface area contributed by atoms with Crippen molar-refractivity contribution in [2.45, 2.75) is 6.61 Å². The van der Waals surface area contributed by atoms with Gasteiger partial charge in [0.2, 0.25) is 0 Å². The minimum Gasteiger partial charge on any atom is -0.487 e. The maximum absolute atomic E-state index is 5.98. The van der Waals surface area contributed by atoms with E-state index in [-0.39, 0.29) is 0 Å². The van der Waals surface area contributed by atoms with Gasteiger partial charge in [0.05, 0.1) is 40.7 Å². The first-order chi connectivity index (χ1) is 18.8. The Morgan fingerprint density at radius 1 is 0.684 bits per heavy atom. The predicted molar refractivity (Wildman–Crippen MR) is 146 cm³/mol. The fraction of sp³-hybridized carbons (Fsp3) is 0.0333. The van der Waals surface area contributed by atoms with E-state index in [1.807, 2.05) is 66.7 Å². The lowest BCUT2D eigenvalue weighted by Crippen LogP contribution is -1.96. The van der Waals surface area contributed by atoms with Crippen molar-refractivity contribution < 1.29 is 4.74 Å². The fourth-order valence-electron chi connectivity index (χ4n) is 4.55. The summed E-state index contributed by atoms with van der Waals surface area (Å²) >= 11 is 0. The van der Waals surface area contributed by atoms with Crippen LogP contribution in [0.5, 0.6) is 5.75 Å². The van der Waals surface area contributed by atoms with E-state index in [1.165, 1.54) is 0 Å². The number of aromatic nitrogens is 7. The van der Waals surface area contributed by atoms with Gasteiger partial charge in [-0.1, -0.05) is 36.4 Å². The maximum atomic E-state index is 5.98. The molecule has 0 bridgehead atoms. The van der Waals surface area contributed by atoms with E-state index in [2.05, 4.69) is 41.2 Å². The predicted octanol–water partition coefficient (Wildman–Crippen LogP) is 6.20. The second kappa shape index (κ2) is 9.25. The number of hydrogen-bond acceptors (Lipinski definition) is 6. The fourth-order valence-corrected chi connectivity index (χ4v) is 4.55. The molecule has 38 heavy (non-hydrogen) atoms. The third-order valence-corrected chi connectivity index (χ3v) is 6.42. The van der Waals surface area contributed by atoms with Gasteiger partial charge in [-0.05, 0) is 42.0 Å². The van der Waals surface area contributed by atoms with Crippen molar-refractivity contribution in [2.75, 3.05) is 0 Å². The number of hydrogen-bond donors (Lipinski definition) is 2. The summed E-state index contributed by atoms with van der Waals surface area (Å²) < 4.78 is 5.98. The van der Waals surface area contributed by atoms with Crippen molar-refractivity contribution in [1.29, 1.82) is 0 Å². The summed E-state index contributed by atoms with van der Waals surface area (Å²) in [4.78, 5) is 21.6. The van der Waals surface area contributed by atoms with Crippen molar-refractivity contribution in [3.8, 4) is 39.8 Å². The van der Waals surface area contributed by atoms with Crippen molar-refractivity contribution in [3.05, 3.63) is 109 Å². The highest BCUT2D eigenvalue weighted by Crippen LogP contribution is 2.33. The Hall–Kier alpha value is -5.37. The molecular formula is C30H21N7O. The van der Waals surface area contributed by atoms with Gasteiger partial charge in [-0.2, -0.15) is 5.10 Å². The van der Waals surface area contributed by atoms with E-state index in [0.717, 1.165) is 61.4 Å². The first-order valence-corrected chi connectivity index (χ1v) is 12.2. The molecule has 0 radical (unpaired) electrons. The van der Waals surface area contributed by atoms with Crippen LogP contribution in [-0.4, -0.2) is 35.1 Å². The Kier molecular flexibility index (Phi) is 5.33. The Labute approximate surface area is 217 Å². The highest BCUT2D eigenvalue weighted by molar-refractivity contribution is 6.00. The molecule has 2 N–H and O–H groups in total. The van der Waals surface area contributed by atoms with Crippen LogP contribution >= 0.6 is 0 Å². The van der Waals surface area contributed by atoms with E-state index in [1.54, 1.807) is 31.0 Å². The minimum absolute atomic E-state index is 0.472. The van der Waals surface area contributed by atoms with E-state index in [9.17, 15) is 0 Å². The summed E-state index contributed by atoms with van der Waals surface area (Å²) in [5, 5.41) is 9.64. The minimum atomic E-state index is 0.472. The number of aromatic amines is 2. The standard InChI is InChI=1S/C30H21N7O/c1-2-6-19(7-3-1)18-38-21-12-20(15-31-16-21)26-13-23-28(17-34-26)36-37-30(23)27-14-22-24(35-27)9-11-33-29(22)25-8-4-5-10-32-25/h1-17,35H,18H2,(H,36,37). The van der Waals surface area contributed by atoms with Crippen LogP contribution in [0, 0.1) is 0 Å². The molecule has 0 saturated carbocycles. The average molecular weight is 496 g/mol. The van der Waals surface area contributed by atoms with Crippen LogP contribution in [0.3, 0.4) is 0 Å². The maximum Gasteiger partial charge on any atom is 0.138 e. The molecule has 1 aromatic carbocycles. The van der Waals surface area contributed by atoms with Gasteiger partial charge in [0, 0.05) is 40.4 Å². The highest BCUT2D eigenvalue weighted by Gasteiger charge is 2.16. The zero-order valence-corrected chi connectivity index (χ0v) is 20.2.